The third-order valence-electron chi connectivity index (χ3n) is 4.24. The third kappa shape index (κ3) is 3.15. The number of nitro groups is 1. The van der Waals surface area contributed by atoms with Crippen LogP contribution in [0.3, 0.4) is 0 Å². The Morgan fingerprint density at radius 1 is 1.15 bits per heavy atom. The van der Waals surface area contributed by atoms with Gasteiger partial charge < -0.3 is 9.40 Å². The number of carbonyl (C=O) groups is 1. The van der Waals surface area contributed by atoms with Crippen LogP contribution in [0.1, 0.15) is 32.8 Å². The van der Waals surface area contributed by atoms with Gasteiger partial charge in [0, 0.05) is 47.4 Å². The maximum absolute atomic E-state index is 11.2. The van der Waals surface area contributed by atoms with Crippen molar-refractivity contribution >= 4 is 39.2 Å². The standard InChI is InChI=1S/C19H19N3O4/c1-4-9-21-18-7-5-14(12(2)20-26-13(3)23)10-16(18)17-11-15(22(24)25)6-8-19(17)21/h5-8,10-11H,4,9H2,1-3H3/b20-12+. The van der Waals surface area contributed by atoms with Crippen molar-refractivity contribution in [2.75, 3.05) is 0 Å². The van der Waals surface area contributed by atoms with Crippen LogP contribution in [0, 0.1) is 10.1 Å². The molecule has 0 unspecified atom stereocenters. The molecule has 1 aromatic heterocycles. The zero-order valence-electron chi connectivity index (χ0n) is 14.9. The summed E-state index contributed by atoms with van der Waals surface area (Å²) < 4.78 is 2.16. The Labute approximate surface area is 150 Å². The number of rotatable bonds is 5. The number of hydrogen-bond acceptors (Lipinski definition) is 5. The Balaban J connectivity index is 2.25. The number of fused-ring (bicyclic) bond motifs is 3. The summed E-state index contributed by atoms with van der Waals surface area (Å²) in [5.41, 5.74) is 3.37. The molecular formula is C19H19N3O4. The van der Waals surface area contributed by atoms with Gasteiger partial charge in [0.15, 0.2) is 0 Å². The van der Waals surface area contributed by atoms with E-state index in [0.717, 1.165) is 40.3 Å². The lowest BCUT2D eigenvalue weighted by Crippen LogP contribution is -2.00. The molecule has 0 aliphatic heterocycles. The predicted octanol–water partition coefficient (Wildman–Crippen LogP) is 4.40. The number of hydrogen-bond donors (Lipinski definition) is 0. The molecule has 3 aromatic rings. The van der Waals surface area contributed by atoms with Crippen molar-refractivity contribution in [2.45, 2.75) is 33.7 Å². The highest BCUT2D eigenvalue weighted by Crippen LogP contribution is 2.32. The van der Waals surface area contributed by atoms with Crippen LogP contribution in [0.5, 0.6) is 0 Å². The fourth-order valence-electron chi connectivity index (χ4n) is 3.08. The number of nitrogens with zero attached hydrogens (tertiary/aromatic N) is 3. The SMILES string of the molecule is CCCn1c2ccc(/C(C)=N/OC(C)=O)cc2c2cc([N+](=O)[O-])ccc21. The molecule has 26 heavy (non-hydrogen) atoms. The molecule has 0 fully saturated rings. The Bertz CT molecular complexity index is 1050. The molecule has 0 bridgehead atoms. The van der Waals surface area contributed by atoms with Gasteiger partial charge in [-0.25, -0.2) is 4.79 Å². The van der Waals surface area contributed by atoms with Crippen molar-refractivity contribution in [1.82, 2.24) is 4.57 Å². The third-order valence-corrected chi connectivity index (χ3v) is 4.24. The van der Waals surface area contributed by atoms with E-state index in [9.17, 15) is 14.9 Å². The molecule has 7 nitrogen and oxygen atoms in total. The topological polar surface area (TPSA) is 86.7 Å². The van der Waals surface area contributed by atoms with Crippen LogP contribution in [0.4, 0.5) is 5.69 Å². The highest BCUT2D eigenvalue weighted by atomic mass is 16.7. The number of carbonyl (C=O) groups excluding carboxylic acids is 1. The van der Waals surface area contributed by atoms with Gasteiger partial charge in [0.1, 0.15) is 0 Å². The highest BCUT2D eigenvalue weighted by Gasteiger charge is 2.15. The summed E-state index contributed by atoms with van der Waals surface area (Å²) in [6.07, 6.45) is 0.949. The first-order chi connectivity index (χ1) is 12.4. The number of nitro benzene ring substituents is 1. The predicted molar refractivity (Wildman–Crippen MR) is 100 cm³/mol. The Morgan fingerprint density at radius 2 is 1.81 bits per heavy atom. The molecule has 0 amide bonds. The van der Waals surface area contributed by atoms with Crippen molar-refractivity contribution in [3.8, 4) is 0 Å². The average Bonchev–Trinajstić information content (AvgIpc) is 2.92. The Hall–Kier alpha value is -3.22. The summed E-state index contributed by atoms with van der Waals surface area (Å²) in [5.74, 6) is -0.486. The lowest BCUT2D eigenvalue weighted by molar-refractivity contribution is -0.384. The molecule has 0 radical (unpaired) electrons. The summed E-state index contributed by atoms with van der Waals surface area (Å²) >= 11 is 0. The molecule has 0 atom stereocenters. The van der Waals surface area contributed by atoms with E-state index in [1.54, 1.807) is 19.1 Å². The second-order valence-corrected chi connectivity index (χ2v) is 6.10. The van der Waals surface area contributed by atoms with Gasteiger partial charge in [-0.1, -0.05) is 18.1 Å². The molecule has 134 valence electrons. The largest absolute Gasteiger partial charge is 0.340 e. The molecule has 0 N–H and O–H groups in total. The van der Waals surface area contributed by atoms with Crippen molar-refractivity contribution in [3.05, 3.63) is 52.1 Å². The number of non-ortho nitro benzene ring substituents is 1. The van der Waals surface area contributed by atoms with Gasteiger partial charge in [0.05, 0.1) is 10.6 Å². The fraction of sp³-hybridized carbons (Fsp3) is 0.263. The summed E-state index contributed by atoms with van der Waals surface area (Å²) in [5, 5.41) is 16.7. The van der Waals surface area contributed by atoms with E-state index in [0.29, 0.717) is 5.71 Å². The summed E-state index contributed by atoms with van der Waals surface area (Å²) in [4.78, 5) is 26.4. The van der Waals surface area contributed by atoms with Crippen LogP contribution in [-0.2, 0) is 16.2 Å². The normalized spacial score (nSPS) is 11.9. The van der Waals surface area contributed by atoms with Crippen LogP contribution >= 0.6 is 0 Å². The molecular weight excluding hydrogens is 334 g/mol. The van der Waals surface area contributed by atoms with Crippen molar-refractivity contribution in [2.24, 2.45) is 5.16 Å². The van der Waals surface area contributed by atoms with E-state index in [1.807, 2.05) is 18.2 Å². The molecule has 0 aliphatic carbocycles. The molecule has 1 heterocycles. The average molecular weight is 353 g/mol. The number of benzene rings is 2. The first-order valence-electron chi connectivity index (χ1n) is 8.35. The Kier molecular flexibility index (Phi) is 4.71. The van der Waals surface area contributed by atoms with E-state index in [2.05, 4.69) is 16.6 Å². The molecule has 3 rings (SSSR count). The van der Waals surface area contributed by atoms with Gasteiger partial charge in [-0.2, -0.15) is 0 Å². The lowest BCUT2D eigenvalue weighted by Gasteiger charge is -2.06. The zero-order valence-corrected chi connectivity index (χ0v) is 14.9. The van der Waals surface area contributed by atoms with Crippen molar-refractivity contribution < 1.29 is 14.6 Å². The molecule has 0 saturated heterocycles. The van der Waals surface area contributed by atoms with E-state index < -0.39 is 5.97 Å². The second-order valence-electron chi connectivity index (χ2n) is 6.10. The summed E-state index contributed by atoms with van der Waals surface area (Å²) in [6.45, 7) is 5.94. The lowest BCUT2D eigenvalue weighted by atomic mass is 10.1. The second kappa shape index (κ2) is 6.95. The molecule has 2 aromatic carbocycles. The minimum atomic E-state index is -0.486. The number of aromatic nitrogens is 1. The first kappa shape index (κ1) is 17.6. The fourth-order valence-corrected chi connectivity index (χ4v) is 3.08. The van der Waals surface area contributed by atoms with Gasteiger partial charge in [0.2, 0.25) is 0 Å². The monoisotopic (exact) mass is 353 g/mol. The van der Waals surface area contributed by atoms with E-state index in [-0.39, 0.29) is 10.6 Å². The quantitative estimate of drug-likeness (QED) is 0.294. The van der Waals surface area contributed by atoms with Crippen molar-refractivity contribution in [1.29, 1.82) is 0 Å². The summed E-state index contributed by atoms with van der Waals surface area (Å²) in [7, 11) is 0. The van der Waals surface area contributed by atoms with E-state index in [4.69, 9.17) is 4.84 Å². The zero-order chi connectivity index (χ0) is 18.8. The van der Waals surface area contributed by atoms with Crippen LogP contribution in [0.2, 0.25) is 0 Å². The molecule has 0 spiro atoms. The highest BCUT2D eigenvalue weighted by molar-refractivity contribution is 6.12. The number of oxime groups is 1. The van der Waals surface area contributed by atoms with Gasteiger partial charge in [-0.05, 0) is 37.1 Å². The summed E-state index contributed by atoms with van der Waals surface area (Å²) in [6, 6.07) is 10.7. The van der Waals surface area contributed by atoms with Crippen LogP contribution in [-0.4, -0.2) is 21.2 Å². The van der Waals surface area contributed by atoms with Gasteiger partial charge in [-0.3, -0.25) is 10.1 Å². The first-order valence-corrected chi connectivity index (χ1v) is 8.35. The van der Waals surface area contributed by atoms with Crippen LogP contribution < -0.4 is 0 Å². The van der Waals surface area contributed by atoms with Gasteiger partial charge in [-0.15, -0.1) is 0 Å². The number of aryl methyl sites for hydroxylation is 1. The minimum Gasteiger partial charge on any atom is -0.340 e. The van der Waals surface area contributed by atoms with E-state index >= 15 is 0 Å². The maximum Gasteiger partial charge on any atom is 0.331 e. The molecule has 7 heteroatoms. The molecule has 0 saturated carbocycles. The van der Waals surface area contributed by atoms with Crippen LogP contribution in [0.15, 0.2) is 41.6 Å². The van der Waals surface area contributed by atoms with Gasteiger partial charge in [0.25, 0.3) is 5.69 Å². The minimum absolute atomic E-state index is 0.0590. The van der Waals surface area contributed by atoms with Crippen molar-refractivity contribution in [3.63, 3.8) is 0 Å². The van der Waals surface area contributed by atoms with Gasteiger partial charge >= 0.3 is 5.97 Å². The van der Waals surface area contributed by atoms with Crippen LogP contribution in [0.25, 0.3) is 21.8 Å². The van der Waals surface area contributed by atoms with E-state index in [1.165, 1.54) is 13.0 Å². The Morgan fingerprint density at radius 3 is 2.42 bits per heavy atom. The smallest absolute Gasteiger partial charge is 0.331 e. The molecule has 0 aliphatic rings. The maximum atomic E-state index is 11.2.